The van der Waals surface area contributed by atoms with Crippen LogP contribution in [-0.4, -0.2) is 41.0 Å². The van der Waals surface area contributed by atoms with E-state index in [0.717, 1.165) is 40.9 Å². The maximum atomic E-state index is 13.1. The smallest absolute Gasteiger partial charge is 0.269 e. The molecule has 0 spiro atoms. The zero-order chi connectivity index (χ0) is 22.1. The molecule has 0 aliphatic carbocycles. The zero-order valence-electron chi connectivity index (χ0n) is 18.5. The highest BCUT2D eigenvalue weighted by Gasteiger charge is 2.35. The van der Waals surface area contributed by atoms with E-state index in [1.807, 2.05) is 32.2 Å². The van der Waals surface area contributed by atoms with Gasteiger partial charge < -0.3 is 15.2 Å². The Morgan fingerprint density at radius 3 is 2.71 bits per heavy atom. The second-order valence-corrected chi connectivity index (χ2v) is 10.1. The summed E-state index contributed by atoms with van der Waals surface area (Å²) in [5, 5.41) is 6.58. The van der Waals surface area contributed by atoms with E-state index in [-0.39, 0.29) is 18.0 Å². The molecule has 168 valence electrons. The van der Waals surface area contributed by atoms with Crippen LogP contribution in [0.15, 0.2) is 16.2 Å². The highest BCUT2D eigenvalue weighted by Crippen LogP contribution is 2.40. The van der Waals surface area contributed by atoms with Gasteiger partial charge in [-0.25, -0.2) is 4.42 Å². The predicted octanol–water partition coefficient (Wildman–Crippen LogP) is 4.13. The number of aromatic amines is 1. The van der Waals surface area contributed by atoms with Crippen molar-refractivity contribution < 1.29 is 4.79 Å². The fraction of sp³-hybridized carbons (Fsp3) is 0.565. The standard InChI is InChI=1S/C23H31ClN4O2S/c1-14-11-15(2)26-21(29)18(14)12-28(24)22(30)19-13-31-23(16(19)3)27-10-4-5-20(27)17-6-8-25-9-7-17/h11,13,17,20,25H,4-10,12H2,1-3H3,(H,26,29). The number of aromatic nitrogens is 1. The fourth-order valence-corrected chi connectivity index (χ4v) is 6.45. The summed E-state index contributed by atoms with van der Waals surface area (Å²) in [6, 6.07) is 2.46. The summed E-state index contributed by atoms with van der Waals surface area (Å²) in [7, 11) is 0. The highest BCUT2D eigenvalue weighted by atomic mass is 35.5. The molecule has 2 aliphatic heterocycles. The summed E-state index contributed by atoms with van der Waals surface area (Å²) < 4.78 is 1.14. The van der Waals surface area contributed by atoms with Crippen molar-refractivity contribution in [3.8, 4) is 0 Å². The van der Waals surface area contributed by atoms with Crippen LogP contribution < -0.4 is 15.8 Å². The lowest BCUT2D eigenvalue weighted by Crippen LogP contribution is -2.41. The van der Waals surface area contributed by atoms with E-state index in [0.29, 0.717) is 23.1 Å². The molecule has 2 aromatic heterocycles. The average Bonchev–Trinajstić information content (AvgIpc) is 3.37. The van der Waals surface area contributed by atoms with Crippen molar-refractivity contribution in [3.05, 3.63) is 49.7 Å². The van der Waals surface area contributed by atoms with Crippen LogP contribution in [0.1, 0.15) is 58.4 Å². The normalized spacial score (nSPS) is 19.7. The summed E-state index contributed by atoms with van der Waals surface area (Å²) in [6.07, 6.45) is 4.86. The van der Waals surface area contributed by atoms with Crippen molar-refractivity contribution in [3.63, 3.8) is 0 Å². The molecule has 0 aromatic carbocycles. The molecule has 0 radical (unpaired) electrons. The molecule has 31 heavy (non-hydrogen) atoms. The number of H-pyrrole nitrogens is 1. The van der Waals surface area contributed by atoms with Gasteiger partial charge in [-0.3, -0.25) is 9.59 Å². The van der Waals surface area contributed by atoms with E-state index in [9.17, 15) is 9.59 Å². The number of anilines is 1. The number of amides is 1. The van der Waals surface area contributed by atoms with Crippen LogP contribution in [0.2, 0.25) is 0 Å². The summed E-state index contributed by atoms with van der Waals surface area (Å²) in [4.78, 5) is 30.8. The first-order valence-electron chi connectivity index (χ1n) is 11.1. The Morgan fingerprint density at radius 1 is 1.26 bits per heavy atom. The van der Waals surface area contributed by atoms with E-state index >= 15 is 0 Å². The van der Waals surface area contributed by atoms with E-state index in [1.165, 1.54) is 30.7 Å². The van der Waals surface area contributed by atoms with Crippen molar-refractivity contribution in [2.45, 2.75) is 59.0 Å². The maximum absolute atomic E-state index is 13.1. The minimum absolute atomic E-state index is 0.0773. The largest absolute Gasteiger partial charge is 0.360 e. The molecule has 8 heteroatoms. The third-order valence-electron chi connectivity index (χ3n) is 6.74. The number of carbonyl (C=O) groups is 1. The third kappa shape index (κ3) is 4.54. The number of hydrogen-bond donors (Lipinski definition) is 2. The maximum Gasteiger partial charge on any atom is 0.269 e. The van der Waals surface area contributed by atoms with Crippen molar-refractivity contribution in [1.82, 2.24) is 14.7 Å². The fourth-order valence-electron chi connectivity index (χ4n) is 5.08. The van der Waals surface area contributed by atoms with Gasteiger partial charge >= 0.3 is 0 Å². The van der Waals surface area contributed by atoms with Gasteiger partial charge in [0, 0.05) is 41.0 Å². The molecule has 0 saturated carbocycles. The lowest BCUT2D eigenvalue weighted by Gasteiger charge is -2.35. The van der Waals surface area contributed by atoms with Crippen molar-refractivity contribution >= 4 is 34.0 Å². The lowest BCUT2D eigenvalue weighted by atomic mass is 9.89. The van der Waals surface area contributed by atoms with Crippen LogP contribution in [0, 0.1) is 26.7 Å². The van der Waals surface area contributed by atoms with Crippen LogP contribution in [0.5, 0.6) is 0 Å². The molecule has 4 heterocycles. The van der Waals surface area contributed by atoms with Crippen molar-refractivity contribution in [1.29, 1.82) is 0 Å². The van der Waals surface area contributed by atoms with Gasteiger partial charge in [-0.1, -0.05) is 0 Å². The van der Waals surface area contributed by atoms with Crippen molar-refractivity contribution in [2.75, 3.05) is 24.5 Å². The van der Waals surface area contributed by atoms with E-state index < -0.39 is 0 Å². The van der Waals surface area contributed by atoms with Gasteiger partial charge in [0.15, 0.2) is 0 Å². The molecule has 2 saturated heterocycles. The summed E-state index contributed by atoms with van der Waals surface area (Å²) in [5.41, 5.74) is 3.59. The van der Waals surface area contributed by atoms with E-state index in [2.05, 4.69) is 15.2 Å². The van der Waals surface area contributed by atoms with Crippen molar-refractivity contribution in [2.24, 2.45) is 5.92 Å². The summed E-state index contributed by atoms with van der Waals surface area (Å²) in [6.45, 7) is 9.05. The number of piperidine rings is 1. The SMILES string of the molecule is Cc1cc(C)c(CN(Cl)C(=O)c2csc(N3CCCC3C3CCNCC3)c2C)c(=O)[nH]1. The quantitative estimate of drug-likeness (QED) is 0.655. The van der Waals surface area contributed by atoms with Crippen LogP contribution >= 0.6 is 23.1 Å². The highest BCUT2D eigenvalue weighted by molar-refractivity contribution is 7.14. The van der Waals surface area contributed by atoms with Gasteiger partial charge in [0.25, 0.3) is 11.5 Å². The number of hydrogen-bond acceptors (Lipinski definition) is 5. The minimum Gasteiger partial charge on any atom is -0.360 e. The first-order chi connectivity index (χ1) is 14.9. The number of aryl methyl sites for hydroxylation is 2. The minimum atomic E-state index is -0.251. The molecular formula is C23H31ClN4O2S. The number of rotatable bonds is 5. The van der Waals surface area contributed by atoms with Gasteiger partial charge in [-0.2, -0.15) is 0 Å². The molecule has 6 nitrogen and oxygen atoms in total. The molecule has 4 rings (SSSR count). The third-order valence-corrected chi connectivity index (χ3v) is 8.13. The Morgan fingerprint density at radius 2 is 2.00 bits per heavy atom. The molecule has 0 bridgehead atoms. The van der Waals surface area contributed by atoms with Crippen LogP contribution in [0.4, 0.5) is 5.00 Å². The van der Waals surface area contributed by atoms with Gasteiger partial charge in [0.1, 0.15) is 0 Å². The van der Waals surface area contributed by atoms with Gasteiger partial charge in [0.2, 0.25) is 0 Å². The summed E-state index contributed by atoms with van der Waals surface area (Å²) >= 11 is 8.03. The number of pyridine rings is 1. The second-order valence-electron chi connectivity index (χ2n) is 8.84. The van der Waals surface area contributed by atoms with Crippen LogP contribution in [0.25, 0.3) is 0 Å². The number of nitrogens with one attached hydrogen (secondary N) is 2. The zero-order valence-corrected chi connectivity index (χ0v) is 20.0. The molecule has 2 N–H and O–H groups in total. The van der Waals surface area contributed by atoms with E-state index in [1.54, 1.807) is 11.3 Å². The van der Waals surface area contributed by atoms with E-state index in [4.69, 9.17) is 11.8 Å². The lowest BCUT2D eigenvalue weighted by molar-refractivity contribution is 0.0856. The van der Waals surface area contributed by atoms with Crippen LogP contribution in [-0.2, 0) is 6.54 Å². The first-order valence-corrected chi connectivity index (χ1v) is 12.3. The Labute approximate surface area is 192 Å². The van der Waals surface area contributed by atoms with Gasteiger partial charge in [-0.05, 0) is 82.7 Å². The van der Waals surface area contributed by atoms with Crippen LogP contribution in [0.3, 0.4) is 0 Å². The first kappa shape index (κ1) is 22.4. The average molecular weight is 463 g/mol. The molecular weight excluding hydrogens is 432 g/mol. The number of halogens is 1. The summed E-state index contributed by atoms with van der Waals surface area (Å²) in [5.74, 6) is 0.462. The molecule has 2 aliphatic rings. The molecule has 1 unspecified atom stereocenters. The Kier molecular flexibility index (Phi) is 6.74. The Bertz CT molecular complexity index is 1010. The molecule has 2 fully saturated rings. The Hall–Kier alpha value is -1.83. The number of thiophene rings is 1. The molecule has 1 amide bonds. The molecule has 2 aromatic rings. The van der Waals surface area contributed by atoms with Gasteiger partial charge in [-0.15, -0.1) is 11.3 Å². The second kappa shape index (κ2) is 9.35. The Balaban J connectivity index is 1.52. The van der Waals surface area contributed by atoms with Gasteiger partial charge in [0.05, 0.1) is 17.1 Å². The molecule has 1 atom stereocenters. The topological polar surface area (TPSA) is 68.4 Å². The number of nitrogens with zero attached hydrogens (tertiary/aromatic N) is 2. The predicted molar refractivity (Wildman–Crippen MR) is 127 cm³/mol. The monoisotopic (exact) mass is 462 g/mol. The number of carbonyl (C=O) groups excluding carboxylic acids is 1.